The normalized spacial score (nSPS) is 23.0. The van der Waals surface area contributed by atoms with Gasteiger partial charge in [0.15, 0.2) is 0 Å². The molecule has 0 aromatic carbocycles. The fourth-order valence-corrected chi connectivity index (χ4v) is 1.98. The van der Waals surface area contributed by atoms with Gasteiger partial charge in [-0.2, -0.15) is 0 Å². The van der Waals surface area contributed by atoms with Gasteiger partial charge in [0.2, 0.25) is 0 Å². The fraction of sp³-hybridized carbons (Fsp3) is 0.846. The van der Waals surface area contributed by atoms with Gasteiger partial charge < -0.3 is 19.5 Å². The van der Waals surface area contributed by atoms with Crippen molar-refractivity contribution in [2.24, 2.45) is 5.92 Å². The molecule has 0 aromatic heterocycles. The number of unbranched alkanes of at least 4 members (excludes halogenated alkanes) is 1. The van der Waals surface area contributed by atoms with Crippen LogP contribution in [0.1, 0.15) is 33.1 Å². The lowest BCUT2D eigenvalue weighted by atomic mass is 9.95. The van der Waals surface area contributed by atoms with E-state index in [9.17, 15) is 14.7 Å². The van der Waals surface area contributed by atoms with E-state index in [2.05, 4.69) is 0 Å². The van der Waals surface area contributed by atoms with Gasteiger partial charge in [0.25, 0.3) is 0 Å². The number of aliphatic hydroxyl groups excluding tert-OH is 1. The molecule has 2 atom stereocenters. The number of nitrogens with zero attached hydrogens (tertiary/aromatic N) is 1. The van der Waals surface area contributed by atoms with Crippen LogP contribution in [-0.4, -0.2) is 54.5 Å². The molecule has 6 heteroatoms. The molecule has 1 rings (SSSR count). The van der Waals surface area contributed by atoms with Gasteiger partial charge in [0.05, 0.1) is 19.3 Å². The van der Waals surface area contributed by atoms with Crippen LogP contribution in [0.4, 0.5) is 4.79 Å². The Morgan fingerprint density at radius 1 is 1.32 bits per heavy atom. The van der Waals surface area contributed by atoms with Crippen molar-refractivity contribution in [3.8, 4) is 0 Å². The van der Waals surface area contributed by atoms with Crippen molar-refractivity contribution in [1.82, 2.24) is 4.90 Å². The highest BCUT2D eigenvalue weighted by Gasteiger charge is 2.36. The molecule has 1 aliphatic heterocycles. The van der Waals surface area contributed by atoms with E-state index in [4.69, 9.17) is 9.47 Å². The molecule has 1 heterocycles. The van der Waals surface area contributed by atoms with Crippen LogP contribution in [0.2, 0.25) is 0 Å². The maximum absolute atomic E-state index is 11.8. The molecular formula is C13H23NO5. The summed E-state index contributed by atoms with van der Waals surface area (Å²) in [6.45, 7) is 4.94. The maximum atomic E-state index is 11.8. The number of aliphatic hydroxyl groups is 1. The van der Waals surface area contributed by atoms with E-state index in [-0.39, 0.29) is 13.2 Å². The zero-order valence-corrected chi connectivity index (χ0v) is 11.6. The Kier molecular flexibility index (Phi) is 6.62. The molecule has 1 N–H and O–H groups in total. The molecule has 2 unspecified atom stereocenters. The first-order valence-corrected chi connectivity index (χ1v) is 6.86. The molecule has 110 valence electrons. The summed E-state index contributed by atoms with van der Waals surface area (Å²) < 4.78 is 10.00. The molecule has 0 spiro atoms. The minimum atomic E-state index is -0.751. The number of piperidine rings is 1. The van der Waals surface area contributed by atoms with Crippen LogP contribution in [0.3, 0.4) is 0 Å². The van der Waals surface area contributed by atoms with Crippen molar-refractivity contribution in [3.05, 3.63) is 0 Å². The van der Waals surface area contributed by atoms with E-state index >= 15 is 0 Å². The second-order valence-corrected chi connectivity index (χ2v) is 4.63. The lowest BCUT2D eigenvalue weighted by Crippen LogP contribution is -2.49. The van der Waals surface area contributed by atoms with Crippen molar-refractivity contribution < 1.29 is 24.2 Å². The van der Waals surface area contributed by atoms with Crippen LogP contribution >= 0.6 is 0 Å². The minimum absolute atomic E-state index is 0.158. The van der Waals surface area contributed by atoms with Crippen molar-refractivity contribution in [2.75, 3.05) is 26.3 Å². The highest BCUT2D eigenvalue weighted by molar-refractivity contribution is 5.75. The molecule has 0 aliphatic carbocycles. The smallest absolute Gasteiger partial charge is 0.409 e. The van der Waals surface area contributed by atoms with Gasteiger partial charge in [-0.25, -0.2) is 4.79 Å². The fourth-order valence-electron chi connectivity index (χ4n) is 1.98. The average Bonchev–Trinajstić information content (AvgIpc) is 2.39. The Morgan fingerprint density at radius 3 is 2.68 bits per heavy atom. The van der Waals surface area contributed by atoms with Gasteiger partial charge >= 0.3 is 12.1 Å². The Morgan fingerprint density at radius 2 is 2.05 bits per heavy atom. The van der Waals surface area contributed by atoms with Gasteiger partial charge in [-0.3, -0.25) is 4.79 Å². The predicted octanol–water partition coefficient (Wildman–Crippen LogP) is 1.17. The van der Waals surface area contributed by atoms with E-state index in [1.54, 1.807) is 6.92 Å². The van der Waals surface area contributed by atoms with Gasteiger partial charge in [0, 0.05) is 13.1 Å². The summed E-state index contributed by atoms with van der Waals surface area (Å²) in [5, 5.41) is 9.80. The number of carbonyl (C=O) groups is 2. The van der Waals surface area contributed by atoms with Crippen molar-refractivity contribution in [3.63, 3.8) is 0 Å². The molecule has 1 amide bonds. The number of hydrogen-bond acceptors (Lipinski definition) is 5. The maximum Gasteiger partial charge on any atom is 0.409 e. The molecule has 0 saturated carbocycles. The largest absolute Gasteiger partial charge is 0.466 e. The highest BCUT2D eigenvalue weighted by atomic mass is 16.6. The van der Waals surface area contributed by atoms with Crippen molar-refractivity contribution in [2.45, 2.75) is 39.2 Å². The first-order chi connectivity index (χ1) is 9.10. The summed E-state index contributed by atoms with van der Waals surface area (Å²) in [7, 11) is 0. The first-order valence-electron chi connectivity index (χ1n) is 6.86. The molecule has 1 aliphatic rings. The second-order valence-electron chi connectivity index (χ2n) is 4.63. The SMILES string of the molecule is CCCCOC(=O)N1CCC(O)C(C(=O)OCC)C1. The van der Waals surface area contributed by atoms with E-state index in [1.807, 2.05) is 6.92 Å². The summed E-state index contributed by atoms with van der Waals surface area (Å²) in [5.74, 6) is -1.13. The third kappa shape index (κ3) is 4.70. The lowest BCUT2D eigenvalue weighted by molar-refractivity contribution is -0.154. The highest BCUT2D eigenvalue weighted by Crippen LogP contribution is 2.19. The van der Waals surface area contributed by atoms with Crippen molar-refractivity contribution >= 4 is 12.1 Å². The molecule has 1 fully saturated rings. The van der Waals surface area contributed by atoms with E-state index in [0.717, 1.165) is 12.8 Å². The van der Waals surface area contributed by atoms with Gasteiger partial charge in [0.1, 0.15) is 5.92 Å². The number of likely N-dealkylation sites (tertiary alicyclic amines) is 1. The van der Waals surface area contributed by atoms with Crippen LogP contribution in [0, 0.1) is 5.92 Å². The summed E-state index contributed by atoms with van der Waals surface area (Å²) in [6.07, 6.45) is 0.973. The Bertz CT molecular complexity index is 307. The Labute approximate surface area is 113 Å². The number of ether oxygens (including phenoxy) is 2. The average molecular weight is 273 g/mol. The number of amides is 1. The molecule has 6 nitrogen and oxygen atoms in total. The minimum Gasteiger partial charge on any atom is -0.466 e. The van der Waals surface area contributed by atoms with Crippen LogP contribution in [0.15, 0.2) is 0 Å². The van der Waals surface area contributed by atoms with Crippen molar-refractivity contribution in [1.29, 1.82) is 0 Å². The van der Waals surface area contributed by atoms with E-state index < -0.39 is 24.1 Å². The third-order valence-corrected chi connectivity index (χ3v) is 3.15. The van der Waals surface area contributed by atoms with Gasteiger partial charge in [-0.15, -0.1) is 0 Å². The number of rotatable bonds is 5. The molecule has 0 bridgehead atoms. The summed E-state index contributed by atoms with van der Waals surface area (Å²) in [6, 6.07) is 0. The quantitative estimate of drug-likeness (QED) is 0.601. The third-order valence-electron chi connectivity index (χ3n) is 3.15. The van der Waals surface area contributed by atoms with Gasteiger partial charge in [-0.05, 0) is 19.8 Å². The predicted molar refractivity (Wildman–Crippen MR) is 68.6 cm³/mol. The molecule has 1 saturated heterocycles. The van der Waals surface area contributed by atoms with Crippen LogP contribution in [0.25, 0.3) is 0 Å². The molecule has 0 radical (unpaired) electrons. The number of esters is 1. The Balaban J connectivity index is 2.49. The zero-order chi connectivity index (χ0) is 14.3. The second kappa shape index (κ2) is 7.99. The summed E-state index contributed by atoms with van der Waals surface area (Å²) >= 11 is 0. The zero-order valence-electron chi connectivity index (χ0n) is 11.6. The van der Waals surface area contributed by atoms with Crippen LogP contribution in [-0.2, 0) is 14.3 Å². The monoisotopic (exact) mass is 273 g/mol. The standard InChI is InChI=1S/C13H23NO5/c1-3-5-8-19-13(17)14-7-6-11(15)10(9-14)12(16)18-4-2/h10-11,15H,3-9H2,1-2H3. The first kappa shape index (κ1) is 15.8. The number of hydrogen-bond donors (Lipinski definition) is 1. The Hall–Kier alpha value is -1.30. The molecular weight excluding hydrogens is 250 g/mol. The topological polar surface area (TPSA) is 76.1 Å². The molecule has 19 heavy (non-hydrogen) atoms. The van der Waals surface area contributed by atoms with E-state index in [1.165, 1.54) is 4.90 Å². The van der Waals surface area contributed by atoms with Gasteiger partial charge in [-0.1, -0.05) is 13.3 Å². The van der Waals surface area contributed by atoms with Crippen LogP contribution in [0.5, 0.6) is 0 Å². The van der Waals surface area contributed by atoms with E-state index in [0.29, 0.717) is 19.6 Å². The summed E-state index contributed by atoms with van der Waals surface area (Å²) in [5.41, 5.74) is 0. The summed E-state index contributed by atoms with van der Waals surface area (Å²) in [4.78, 5) is 24.9. The number of carbonyl (C=O) groups excluding carboxylic acids is 2. The lowest BCUT2D eigenvalue weighted by Gasteiger charge is -2.34. The van der Waals surface area contributed by atoms with Crippen LogP contribution < -0.4 is 0 Å². The molecule has 0 aromatic rings.